The largest absolute Gasteiger partial charge is 0.392 e. The van der Waals surface area contributed by atoms with Crippen molar-refractivity contribution in [2.45, 2.75) is 13.2 Å². The van der Waals surface area contributed by atoms with E-state index in [0.717, 1.165) is 17.8 Å². The maximum absolute atomic E-state index is 9.27. The molecule has 2 rings (SSSR count). The van der Waals surface area contributed by atoms with Crippen molar-refractivity contribution in [1.29, 1.82) is 0 Å². The molecule has 1 N–H and O–H groups in total. The summed E-state index contributed by atoms with van der Waals surface area (Å²) >= 11 is 0. The van der Waals surface area contributed by atoms with Crippen LogP contribution in [-0.4, -0.2) is 22.1 Å². The minimum atomic E-state index is 0.0263. The van der Waals surface area contributed by atoms with Crippen LogP contribution >= 0.6 is 0 Å². The summed E-state index contributed by atoms with van der Waals surface area (Å²) in [6, 6.07) is 5.79. The maximum atomic E-state index is 9.27. The van der Waals surface area contributed by atoms with E-state index in [4.69, 9.17) is 0 Å². The average Bonchev–Trinajstić information content (AvgIpc) is 2.40. The van der Waals surface area contributed by atoms with Crippen LogP contribution in [0.5, 0.6) is 0 Å². The molecule has 0 aromatic carbocycles. The second-order valence-corrected chi connectivity index (χ2v) is 3.87. The van der Waals surface area contributed by atoms with Gasteiger partial charge in [-0.2, -0.15) is 0 Å². The minimum absolute atomic E-state index is 0.0263. The van der Waals surface area contributed by atoms with Crippen molar-refractivity contribution in [3.63, 3.8) is 0 Å². The molecule has 4 heteroatoms. The van der Waals surface area contributed by atoms with Crippen molar-refractivity contribution in [2.24, 2.45) is 0 Å². The summed E-state index contributed by atoms with van der Waals surface area (Å²) in [6.07, 6.45) is 7.01. The second kappa shape index (κ2) is 5.41. The third kappa shape index (κ3) is 2.79. The lowest BCUT2D eigenvalue weighted by Gasteiger charge is -2.21. The quantitative estimate of drug-likeness (QED) is 0.865. The molecular weight excluding hydrogens is 214 g/mol. The molecule has 0 radical (unpaired) electrons. The van der Waals surface area contributed by atoms with E-state index in [2.05, 4.69) is 14.9 Å². The molecule has 0 fully saturated rings. The van der Waals surface area contributed by atoms with E-state index in [1.165, 1.54) is 5.56 Å². The highest BCUT2D eigenvalue weighted by Crippen LogP contribution is 2.19. The van der Waals surface area contributed by atoms with Gasteiger partial charge in [0.1, 0.15) is 0 Å². The molecule has 2 heterocycles. The lowest BCUT2D eigenvalue weighted by Crippen LogP contribution is -2.18. The van der Waals surface area contributed by atoms with Crippen LogP contribution in [0, 0.1) is 0 Å². The van der Waals surface area contributed by atoms with Gasteiger partial charge in [0, 0.05) is 37.7 Å². The number of hydrogen-bond acceptors (Lipinski definition) is 4. The first-order chi connectivity index (χ1) is 8.31. The van der Waals surface area contributed by atoms with E-state index in [0.29, 0.717) is 0 Å². The first kappa shape index (κ1) is 11.5. The summed E-state index contributed by atoms with van der Waals surface area (Å²) in [6.45, 7) is 0.791. The smallest absolute Gasteiger partial charge is 0.0703 e. The van der Waals surface area contributed by atoms with Crippen LogP contribution in [0.3, 0.4) is 0 Å². The van der Waals surface area contributed by atoms with Crippen LogP contribution in [0.1, 0.15) is 11.1 Å². The molecule has 0 aliphatic heterocycles. The van der Waals surface area contributed by atoms with Crippen molar-refractivity contribution >= 4 is 5.69 Å². The molecule has 0 aliphatic rings. The SMILES string of the molecule is CN(Cc1ccncc1)c1cnccc1CO. The highest BCUT2D eigenvalue weighted by molar-refractivity contribution is 5.51. The van der Waals surface area contributed by atoms with Gasteiger partial charge in [-0.1, -0.05) is 0 Å². The van der Waals surface area contributed by atoms with Crippen LogP contribution in [-0.2, 0) is 13.2 Å². The van der Waals surface area contributed by atoms with Crippen LogP contribution < -0.4 is 4.90 Å². The fourth-order valence-electron chi connectivity index (χ4n) is 1.74. The number of hydrogen-bond donors (Lipinski definition) is 1. The summed E-state index contributed by atoms with van der Waals surface area (Å²) in [5, 5.41) is 9.27. The van der Waals surface area contributed by atoms with E-state index in [1.807, 2.05) is 25.2 Å². The van der Waals surface area contributed by atoms with Gasteiger partial charge in [-0.25, -0.2) is 0 Å². The van der Waals surface area contributed by atoms with Gasteiger partial charge >= 0.3 is 0 Å². The molecule has 88 valence electrons. The Hall–Kier alpha value is -1.94. The number of nitrogens with zero attached hydrogens (tertiary/aromatic N) is 3. The Balaban J connectivity index is 2.17. The maximum Gasteiger partial charge on any atom is 0.0703 e. The van der Waals surface area contributed by atoms with Crippen LogP contribution in [0.15, 0.2) is 43.0 Å². The second-order valence-electron chi connectivity index (χ2n) is 3.87. The number of aliphatic hydroxyl groups is 1. The molecular formula is C13H15N3O. The Morgan fingerprint density at radius 1 is 1.12 bits per heavy atom. The lowest BCUT2D eigenvalue weighted by molar-refractivity contribution is 0.282. The topological polar surface area (TPSA) is 49.2 Å². The van der Waals surface area contributed by atoms with Crippen molar-refractivity contribution in [3.05, 3.63) is 54.1 Å². The molecule has 0 amide bonds. The van der Waals surface area contributed by atoms with Gasteiger partial charge in [-0.15, -0.1) is 0 Å². The molecule has 0 atom stereocenters. The predicted octanol–water partition coefficient (Wildman–Crippen LogP) is 1.61. The number of aliphatic hydroxyl groups excluding tert-OH is 1. The molecule has 2 aromatic heterocycles. The first-order valence-electron chi connectivity index (χ1n) is 5.45. The molecule has 0 bridgehead atoms. The number of pyridine rings is 2. The van der Waals surface area contributed by atoms with Crippen molar-refractivity contribution < 1.29 is 5.11 Å². The molecule has 0 saturated heterocycles. The highest BCUT2D eigenvalue weighted by Gasteiger charge is 2.07. The van der Waals surface area contributed by atoms with Crippen molar-refractivity contribution in [1.82, 2.24) is 9.97 Å². The molecule has 0 saturated carbocycles. The molecule has 4 nitrogen and oxygen atoms in total. The lowest BCUT2D eigenvalue weighted by atomic mass is 10.2. The highest BCUT2D eigenvalue weighted by atomic mass is 16.3. The zero-order chi connectivity index (χ0) is 12.1. The first-order valence-corrected chi connectivity index (χ1v) is 5.45. The van der Waals surface area contributed by atoms with Crippen molar-refractivity contribution in [3.8, 4) is 0 Å². The van der Waals surface area contributed by atoms with Gasteiger partial charge in [-0.05, 0) is 23.8 Å². The molecule has 2 aromatic rings. The summed E-state index contributed by atoms with van der Waals surface area (Å²) in [5.41, 5.74) is 3.01. The van der Waals surface area contributed by atoms with E-state index in [1.54, 1.807) is 24.8 Å². The monoisotopic (exact) mass is 229 g/mol. The predicted molar refractivity (Wildman–Crippen MR) is 66.5 cm³/mol. The van der Waals surface area contributed by atoms with E-state index in [9.17, 15) is 5.11 Å². The van der Waals surface area contributed by atoms with Crippen LogP contribution in [0.25, 0.3) is 0 Å². The number of aromatic nitrogens is 2. The summed E-state index contributed by atoms with van der Waals surface area (Å²) in [4.78, 5) is 10.1. The molecule has 17 heavy (non-hydrogen) atoms. The third-order valence-corrected chi connectivity index (χ3v) is 2.64. The molecule has 0 unspecified atom stereocenters. The Labute approximate surface area is 101 Å². The summed E-state index contributed by atoms with van der Waals surface area (Å²) < 4.78 is 0. The van der Waals surface area contributed by atoms with E-state index in [-0.39, 0.29) is 6.61 Å². The third-order valence-electron chi connectivity index (χ3n) is 2.64. The van der Waals surface area contributed by atoms with Gasteiger partial charge in [0.15, 0.2) is 0 Å². The zero-order valence-corrected chi connectivity index (χ0v) is 9.74. The standard InChI is InChI=1S/C13H15N3O/c1-16(9-11-2-5-14-6-3-11)13-8-15-7-4-12(13)10-17/h2-8,17H,9-10H2,1H3. The summed E-state index contributed by atoms with van der Waals surface area (Å²) in [7, 11) is 1.98. The van der Waals surface area contributed by atoms with Crippen LogP contribution in [0.2, 0.25) is 0 Å². The molecule has 0 aliphatic carbocycles. The molecule has 0 spiro atoms. The number of rotatable bonds is 4. The van der Waals surface area contributed by atoms with Gasteiger partial charge in [0.25, 0.3) is 0 Å². The normalized spacial score (nSPS) is 10.2. The zero-order valence-electron chi connectivity index (χ0n) is 9.74. The van der Waals surface area contributed by atoms with E-state index < -0.39 is 0 Å². The Kier molecular flexibility index (Phi) is 3.67. The fraction of sp³-hybridized carbons (Fsp3) is 0.231. The van der Waals surface area contributed by atoms with Gasteiger partial charge in [0.05, 0.1) is 18.5 Å². The van der Waals surface area contributed by atoms with Gasteiger partial charge < -0.3 is 10.0 Å². The van der Waals surface area contributed by atoms with Crippen molar-refractivity contribution in [2.75, 3.05) is 11.9 Å². The Bertz CT molecular complexity index is 473. The Morgan fingerprint density at radius 2 is 1.82 bits per heavy atom. The minimum Gasteiger partial charge on any atom is -0.392 e. The Morgan fingerprint density at radius 3 is 2.53 bits per heavy atom. The summed E-state index contributed by atoms with van der Waals surface area (Å²) in [5.74, 6) is 0. The van der Waals surface area contributed by atoms with Gasteiger partial charge in [-0.3, -0.25) is 9.97 Å². The van der Waals surface area contributed by atoms with Gasteiger partial charge in [0.2, 0.25) is 0 Å². The van der Waals surface area contributed by atoms with E-state index >= 15 is 0 Å². The number of anilines is 1. The fourth-order valence-corrected chi connectivity index (χ4v) is 1.74. The average molecular weight is 229 g/mol. The van der Waals surface area contributed by atoms with Crippen LogP contribution in [0.4, 0.5) is 5.69 Å².